The molecule has 8 nitrogen and oxygen atoms in total. The number of phenols is 1. The smallest absolute Gasteiger partial charge is 0.229 e. The number of benzene rings is 3. The van der Waals surface area contributed by atoms with E-state index >= 15 is 0 Å². The highest BCUT2D eigenvalue weighted by molar-refractivity contribution is 7.92. The number of aliphatic hydroxyl groups is 1. The van der Waals surface area contributed by atoms with E-state index in [9.17, 15) is 23.4 Å². The van der Waals surface area contributed by atoms with E-state index in [0.717, 1.165) is 22.9 Å². The first-order valence-electron chi connectivity index (χ1n) is 12.9. The highest BCUT2D eigenvalue weighted by Crippen LogP contribution is 2.27. The summed E-state index contributed by atoms with van der Waals surface area (Å²) in [7, 11) is -3.57. The van der Waals surface area contributed by atoms with Gasteiger partial charge in [-0.05, 0) is 79.6 Å². The van der Waals surface area contributed by atoms with Gasteiger partial charge in [0.25, 0.3) is 0 Å². The summed E-state index contributed by atoms with van der Waals surface area (Å²) in [6.07, 6.45) is 1.08. The molecule has 3 aromatic carbocycles. The van der Waals surface area contributed by atoms with Crippen molar-refractivity contribution >= 4 is 21.6 Å². The van der Waals surface area contributed by atoms with Crippen molar-refractivity contribution in [2.24, 2.45) is 0 Å². The van der Waals surface area contributed by atoms with E-state index in [1.807, 2.05) is 31.2 Å². The van der Waals surface area contributed by atoms with Crippen LogP contribution >= 0.6 is 0 Å². The molecular weight excluding hydrogens is 514 g/mol. The predicted molar refractivity (Wildman–Crippen MR) is 155 cm³/mol. The van der Waals surface area contributed by atoms with Crippen LogP contribution in [0.5, 0.6) is 5.75 Å². The Hall–Kier alpha value is -3.40. The average molecular weight is 554 g/mol. The van der Waals surface area contributed by atoms with Gasteiger partial charge in [-0.15, -0.1) is 0 Å². The van der Waals surface area contributed by atoms with Crippen LogP contribution in [0.25, 0.3) is 0 Å². The number of amides is 1. The molecule has 0 heterocycles. The fraction of sp³-hybridized carbons (Fsp3) is 0.367. The highest BCUT2D eigenvalue weighted by Gasteiger charge is 2.15. The molecule has 3 rings (SSSR count). The summed E-state index contributed by atoms with van der Waals surface area (Å²) in [5.41, 5.74) is 7.23. The third-order valence-corrected chi connectivity index (χ3v) is 7.15. The molecule has 0 aliphatic carbocycles. The monoisotopic (exact) mass is 553 g/mol. The first-order valence-corrected chi connectivity index (χ1v) is 14.8. The number of hydrogen-bond donors (Lipinski definition) is 5. The number of sulfonamides is 1. The number of aromatic hydroxyl groups is 1. The normalized spacial score (nSPS) is 13.1. The Morgan fingerprint density at radius 3 is 2.31 bits per heavy atom. The number of hydrogen-bond acceptors (Lipinski definition) is 6. The topological polar surface area (TPSA) is 128 Å². The molecule has 0 fully saturated rings. The van der Waals surface area contributed by atoms with Gasteiger partial charge < -0.3 is 20.8 Å². The lowest BCUT2D eigenvalue weighted by Crippen LogP contribution is -2.32. The maximum atomic E-state index is 12.6. The van der Waals surface area contributed by atoms with Crippen molar-refractivity contribution in [3.63, 3.8) is 0 Å². The Labute approximate surface area is 231 Å². The first-order chi connectivity index (χ1) is 18.3. The Kier molecular flexibility index (Phi) is 10.1. The van der Waals surface area contributed by atoms with Crippen LogP contribution in [-0.2, 0) is 34.2 Å². The molecule has 0 saturated heterocycles. The maximum absolute atomic E-state index is 12.6. The predicted octanol–water partition coefficient (Wildman–Crippen LogP) is 3.80. The zero-order valence-electron chi connectivity index (χ0n) is 23.2. The van der Waals surface area contributed by atoms with Gasteiger partial charge in [-0.3, -0.25) is 9.52 Å². The van der Waals surface area contributed by atoms with Gasteiger partial charge >= 0.3 is 0 Å². The molecule has 0 aliphatic heterocycles. The summed E-state index contributed by atoms with van der Waals surface area (Å²) in [5, 5.41) is 26.8. The van der Waals surface area contributed by atoms with Crippen LogP contribution in [0.1, 0.15) is 52.0 Å². The second-order valence-electron chi connectivity index (χ2n) is 10.3. The summed E-state index contributed by atoms with van der Waals surface area (Å²) in [6, 6.07) is 16.5. The largest absolute Gasteiger partial charge is 0.506 e. The molecule has 9 heteroatoms. The Morgan fingerprint density at radius 2 is 1.64 bits per heavy atom. The average Bonchev–Trinajstić information content (AvgIpc) is 2.82. The molecule has 210 valence electrons. The van der Waals surface area contributed by atoms with E-state index < -0.39 is 16.1 Å². The molecule has 0 radical (unpaired) electrons. The van der Waals surface area contributed by atoms with Gasteiger partial charge in [-0.2, -0.15) is 0 Å². The van der Waals surface area contributed by atoms with Gasteiger partial charge in [0.15, 0.2) is 0 Å². The van der Waals surface area contributed by atoms with Gasteiger partial charge in [0.05, 0.1) is 24.5 Å². The van der Waals surface area contributed by atoms with E-state index in [2.05, 4.69) is 48.3 Å². The molecule has 0 bridgehead atoms. The van der Waals surface area contributed by atoms with Gasteiger partial charge in [0.2, 0.25) is 15.9 Å². The van der Waals surface area contributed by atoms with Crippen LogP contribution in [0.3, 0.4) is 0 Å². The number of nitrogens with one attached hydrogen (secondary N) is 3. The van der Waals surface area contributed by atoms with Crippen molar-refractivity contribution < 1.29 is 23.4 Å². The molecule has 0 aromatic heterocycles. The summed E-state index contributed by atoms with van der Waals surface area (Å²) >= 11 is 0. The Balaban J connectivity index is 1.52. The quantitative estimate of drug-likeness (QED) is 0.217. The summed E-state index contributed by atoms with van der Waals surface area (Å²) < 4.78 is 25.3. The van der Waals surface area contributed by atoms with Crippen molar-refractivity contribution in [1.29, 1.82) is 0 Å². The van der Waals surface area contributed by atoms with Gasteiger partial charge in [-0.25, -0.2) is 8.42 Å². The number of carbonyl (C=O) groups is 1. The molecule has 0 saturated carbocycles. The number of anilines is 1. The fourth-order valence-electron chi connectivity index (χ4n) is 4.69. The van der Waals surface area contributed by atoms with Crippen molar-refractivity contribution in [2.45, 2.75) is 59.2 Å². The van der Waals surface area contributed by atoms with E-state index in [-0.39, 0.29) is 29.9 Å². The summed E-state index contributed by atoms with van der Waals surface area (Å²) in [5.74, 6) is -0.244. The van der Waals surface area contributed by atoms with Gasteiger partial charge in [-0.1, -0.05) is 48.0 Å². The number of aliphatic hydroxyl groups excluding tert-OH is 1. The van der Waals surface area contributed by atoms with Crippen molar-refractivity contribution in [1.82, 2.24) is 10.6 Å². The third kappa shape index (κ3) is 9.38. The zero-order valence-corrected chi connectivity index (χ0v) is 24.0. The number of rotatable bonds is 12. The lowest BCUT2D eigenvalue weighted by Gasteiger charge is -2.19. The molecular formula is C30H39N3O5S. The van der Waals surface area contributed by atoms with E-state index in [1.54, 1.807) is 6.07 Å². The summed E-state index contributed by atoms with van der Waals surface area (Å²) in [4.78, 5) is 12.6. The van der Waals surface area contributed by atoms with Crippen LogP contribution in [-0.4, -0.2) is 43.4 Å². The standard InChI is InChI=1S/C30H39N3O5S/c1-19-11-20(2)26(21(3)12-19)17-32-30(36)15-24-8-6-7-23(14-24)13-22(4)31-18-29(35)25-9-10-28(34)27(16-25)33-39(5,37)38/h6-12,14,16,22,29,31,33-35H,13,15,17-18H2,1-5H3,(H,32,36)/t22-,29-/m1/s1. The number of carbonyl (C=O) groups excluding carboxylic acids is 1. The molecule has 3 aromatic rings. The van der Waals surface area contributed by atoms with Crippen LogP contribution < -0.4 is 15.4 Å². The zero-order chi connectivity index (χ0) is 28.7. The molecule has 0 aliphatic rings. The molecule has 1 amide bonds. The molecule has 0 unspecified atom stereocenters. The fourth-order valence-corrected chi connectivity index (χ4v) is 5.25. The Bertz CT molecular complexity index is 1400. The molecule has 0 spiro atoms. The molecule has 39 heavy (non-hydrogen) atoms. The molecule has 5 N–H and O–H groups in total. The number of aryl methyl sites for hydroxylation is 3. The van der Waals surface area contributed by atoms with E-state index in [1.165, 1.54) is 28.8 Å². The minimum absolute atomic E-state index is 0.0204. The van der Waals surface area contributed by atoms with Gasteiger partial charge in [0.1, 0.15) is 5.75 Å². The molecule has 2 atom stereocenters. The van der Waals surface area contributed by atoms with Crippen LogP contribution in [0, 0.1) is 20.8 Å². The highest BCUT2D eigenvalue weighted by atomic mass is 32.2. The van der Waals surface area contributed by atoms with Crippen molar-refractivity contribution in [3.05, 3.63) is 93.5 Å². The third-order valence-electron chi connectivity index (χ3n) is 6.56. The SMILES string of the molecule is Cc1cc(C)c(CNC(=O)Cc2cccc(C[C@@H](C)NC[C@@H](O)c3ccc(O)c(NS(C)(=O)=O)c3)c2)c(C)c1. The number of phenolic OH excluding ortho intramolecular Hbond substituents is 1. The maximum Gasteiger partial charge on any atom is 0.229 e. The van der Waals surface area contributed by atoms with Crippen molar-refractivity contribution in [2.75, 3.05) is 17.5 Å². The first kappa shape index (κ1) is 30.1. The van der Waals surface area contributed by atoms with Crippen LogP contribution in [0.2, 0.25) is 0 Å². The Morgan fingerprint density at radius 1 is 0.974 bits per heavy atom. The minimum Gasteiger partial charge on any atom is -0.506 e. The van der Waals surface area contributed by atoms with Crippen molar-refractivity contribution in [3.8, 4) is 5.75 Å². The second kappa shape index (κ2) is 13.1. The minimum atomic E-state index is -3.57. The van der Waals surface area contributed by atoms with E-state index in [4.69, 9.17) is 0 Å². The van der Waals surface area contributed by atoms with Crippen LogP contribution in [0.15, 0.2) is 54.6 Å². The van der Waals surface area contributed by atoms with Crippen LogP contribution in [0.4, 0.5) is 5.69 Å². The van der Waals surface area contributed by atoms with Gasteiger partial charge in [0, 0.05) is 19.1 Å². The summed E-state index contributed by atoms with van der Waals surface area (Å²) in [6.45, 7) is 8.96. The van der Waals surface area contributed by atoms with E-state index in [0.29, 0.717) is 24.9 Å². The lowest BCUT2D eigenvalue weighted by atomic mass is 9.99. The lowest BCUT2D eigenvalue weighted by molar-refractivity contribution is -0.120. The second-order valence-corrected chi connectivity index (χ2v) is 12.1.